The Morgan fingerprint density at radius 1 is 1.47 bits per heavy atom. The minimum Gasteiger partial charge on any atom is -0.384 e. The van der Waals surface area contributed by atoms with Gasteiger partial charge >= 0.3 is 0 Å². The molecule has 2 rings (SSSR count). The van der Waals surface area contributed by atoms with Crippen LogP contribution in [0.1, 0.15) is 12.6 Å². The zero-order chi connectivity index (χ0) is 12.3. The van der Waals surface area contributed by atoms with E-state index in [0.717, 1.165) is 12.2 Å². The van der Waals surface area contributed by atoms with Crippen molar-refractivity contribution in [3.8, 4) is 0 Å². The van der Waals surface area contributed by atoms with E-state index < -0.39 is 0 Å². The van der Waals surface area contributed by atoms with Gasteiger partial charge in [-0.15, -0.1) is 5.10 Å². The Morgan fingerprint density at radius 2 is 2.29 bits per heavy atom. The Kier molecular flexibility index (Phi) is 3.17. The third kappa shape index (κ3) is 2.68. The van der Waals surface area contributed by atoms with Gasteiger partial charge in [0, 0.05) is 19.7 Å². The fourth-order valence-electron chi connectivity index (χ4n) is 1.47. The van der Waals surface area contributed by atoms with E-state index in [9.17, 15) is 4.79 Å². The van der Waals surface area contributed by atoms with Crippen molar-refractivity contribution in [3.63, 3.8) is 0 Å². The standard InChI is InChI=1S/C10H14N6O/c1-3-11-8-4-10(17)16(12-5-8)7-9-6-15(2)14-13-9/h4-6,11H,3,7H2,1-2H3. The molecule has 0 atom stereocenters. The van der Waals surface area contributed by atoms with Crippen LogP contribution < -0.4 is 10.9 Å². The Labute approximate surface area is 98.1 Å². The molecule has 0 unspecified atom stereocenters. The first-order chi connectivity index (χ1) is 8.19. The number of rotatable bonds is 4. The van der Waals surface area contributed by atoms with Crippen LogP contribution in [0.2, 0.25) is 0 Å². The summed E-state index contributed by atoms with van der Waals surface area (Å²) in [5, 5.41) is 14.8. The minimum absolute atomic E-state index is 0.158. The van der Waals surface area contributed by atoms with Crippen molar-refractivity contribution < 1.29 is 0 Å². The lowest BCUT2D eigenvalue weighted by atomic mass is 10.4. The molecule has 2 heterocycles. The molecule has 0 spiro atoms. The third-order valence-corrected chi connectivity index (χ3v) is 2.21. The summed E-state index contributed by atoms with van der Waals surface area (Å²) in [6.07, 6.45) is 3.38. The van der Waals surface area contributed by atoms with Gasteiger partial charge in [0.05, 0.1) is 24.6 Å². The molecular weight excluding hydrogens is 220 g/mol. The SMILES string of the molecule is CCNc1cnn(Cc2cn(C)nn2)c(=O)c1. The van der Waals surface area contributed by atoms with Crippen LogP contribution >= 0.6 is 0 Å². The van der Waals surface area contributed by atoms with E-state index in [1.807, 2.05) is 6.92 Å². The maximum atomic E-state index is 11.7. The van der Waals surface area contributed by atoms with Crippen LogP contribution in [-0.4, -0.2) is 31.3 Å². The molecule has 0 bridgehead atoms. The summed E-state index contributed by atoms with van der Waals surface area (Å²) >= 11 is 0. The quantitative estimate of drug-likeness (QED) is 0.796. The van der Waals surface area contributed by atoms with Gasteiger partial charge in [-0.25, -0.2) is 4.68 Å². The summed E-state index contributed by atoms with van der Waals surface area (Å²) < 4.78 is 2.94. The molecule has 2 aromatic heterocycles. The Balaban J connectivity index is 2.19. The highest BCUT2D eigenvalue weighted by atomic mass is 16.1. The van der Waals surface area contributed by atoms with Gasteiger partial charge in [0.2, 0.25) is 0 Å². The molecule has 0 aliphatic heterocycles. The lowest BCUT2D eigenvalue weighted by Gasteiger charge is -2.04. The fourth-order valence-corrected chi connectivity index (χ4v) is 1.47. The van der Waals surface area contributed by atoms with E-state index in [2.05, 4.69) is 20.7 Å². The van der Waals surface area contributed by atoms with Gasteiger partial charge in [0.1, 0.15) is 5.69 Å². The summed E-state index contributed by atoms with van der Waals surface area (Å²) in [4.78, 5) is 11.7. The van der Waals surface area contributed by atoms with Gasteiger partial charge in [-0.1, -0.05) is 5.21 Å². The second kappa shape index (κ2) is 4.77. The monoisotopic (exact) mass is 234 g/mol. The number of aryl methyl sites for hydroxylation is 1. The normalized spacial score (nSPS) is 10.5. The van der Waals surface area contributed by atoms with Gasteiger partial charge in [-0.2, -0.15) is 5.10 Å². The smallest absolute Gasteiger partial charge is 0.269 e. The second-order valence-electron chi connectivity index (χ2n) is 3.65. The average molecular weight is 234 g/mol. The summed E-state index contributed by atoms with van der Waals surface area (Å²) in [5.74, 6) is 0. The van der Waals surface area contributed by atoms with Crippen LogP contribution in [0, 0.1) is 0 Å². The fraction of sp³-hybridized carbons (Fsp3) is 0.400. The van der Waals surface area contributed by atoms with Crippen LogP contribution in [0.4, 0.5) is 5.69 Å². The first-order valence-electron chi connectivity index (χ1n) is 5.35. The van der Waals surface area contributed by atoms with Crippen molar-refractivity contribution in [2.24, 2.45) is 7.05 Å². The number of nitrogens with one attached hydrogen (secondary N) is 1. The zero-order valence-electron chi connectivity index (χ0n) is 9.79. The molecule has 0 aliphatic carbocycles. The van der Waals surface area contributed by atoms with Gasteiger partial charge < -0.3 is 5.32 Å². The topological polar surface area (TPSA) is 77.6 Å². The van der Waals surface area contributed by atoms with Gasteiger partial charge in [-0.3, -0.25) is 9.48 Å². The van der Waals surface area contributed by atoms with Crippen molar-refractivity contribution in [2.45, 2.75) is 13.5 Å². The maximum Gasteiger partial charge on any atom is 0.269 e. The van der Waals surface area contributed by atoms with E-state index >= 15 is 0 Å². The molecule has 0 saturated carbocycles. The number of anilines is 1. The van der Waals surface area contributed by atoms with Gasteiger partial charge in [0.15, 0.2) is 0 Å². The first kappa shape index (κ1) is 11.3. The van der Waals surface area contributed by atoms with Crippen LogP contribution in [0.5, 0.6) is 0 Å². The number of nitrogens with zero attached hydrogens (tertiary/aromatic N) is 5. The van der Waals surface area contributed by atoms with E-state index in [-0.39, 0.29) is 5.56 Å². The zero-order valence-corrected chi connectivity index (χ0v) is 9.79. The van der Waals surface area contributed by atoms with Crippen LogP contribution in [0.15, 0.2) is 23.3 Å². The largest absolute Gasteiger partial charge is 0.384 e. The predicted octanol–water partition coefficient (Wildman–Crippen LogP) is -0.148. The minimum atomic E-state index is -0.158. The Morgan fingerprint density at radius 3 is 2.88 bits per heavy atom. The molecule has 0 aliphatic rings. The van der Waals surface area contributed by atoms with Crippen molar-refractivity contribution >= 4 is 5.69 Å². The number of hydrogen-bond acceptors (Lipinski definition) is 5. The molecule has 0 radical (unpaired) electrons. The number of hydrogen-bond donors (Lipinski definition) is 1. The Hall–Kier alpha value is -2.18. The van der Waals surface area contributed by atoms with Crippen LogP contribution in [0.25, 0.3) is 0 Å². The first-order valence-corrected chi connectivity index (χ1v) is 5.35. The summed E-state index contributed by atoms with van der Waals surface area (Å²) in [7, 11) is 1.78. The van der Waals surface area contributed by atoms with E-state index in [1.165, 1.54) is 10.7 Å². The summed E-state index contributed by atoms with van der Waals surface area (Å²) in [5.41, 5.74) is 1.28. The van der Waals surface area contributed by atoms with Crippen molar-refractivity contribution in [2.75, 3.05) is 11.9 Å². The lowest BCUT2D eigenvalue weighted by Crippen LogP contribution is -2.23. The van der Waals surface area contributed by atoms with Crippen molar-refractivity contribution in [1.29, 1.82) is 0 Å². The highest BCUT2D eigenvalue weighted by Gasteiger charge is 2.03. The van der Waals surface area contributed by atoms with Crippen LogP contribution in [0.3, 0.4) is 0 Å². The lowest BCUT2D eigenvalue weighted by molar-refractivity contribution is 0.626. The molecule has 0 fully saturated rings. The van der Waals surface area contributed by atoms with Crippen molar-refractivity contribution in [3.05, 3.63) is 34.5 Å². The summed E-state index contributed by atoms with van der Waals surface area (Å²) in [6, 6.07) is 1.52. The molecule has 1 N–H and O–H groups in total. The molecule has 17 heavy (non-hydrogen) atoms. The van der Waals surface area contributed by atoms with Crippen molar-refractivity contribution in [1.82, 2.24) is 24.8 Å². The molecule has 0 aromatic carbocycles. The Bertz CT molecular complexity index is 558. The highest BCUT2D eigenvalue weighted by molar-refractivity contribution is 5.38. The molecule has 90 valence electrons. The second-order valence-corrected chi connectivity index (χ2v) is 3.65. The molecule has 2 aromatic rings. The van der Waals surface area contributed by atoms with E-state index in [0.29, 0.717) is 12.2 Å². The predicted molar refractivity (Wildman–Crippen MR) is 62.8 cm³/mol. The third-order valence-electron chi connectivity index (χ3n) is 2.21. The maximum absolute atomic E-state index is 11.7. The molecule has 0 amide bonds. The molecule has 7 nitrogen and oxygen atoms in total. The van der Waals surface area contributed by atoms with Gasteiger partial charge in [0.25, 0.3) is 5.56 Å². The molecular formula is C10H14N6O. The average Bonchev–Trinajstić information content (AvgIpc) is 2.69. The van der Waals surface area contributed by atoms with E-state index in [4.69, 9.17) is 0 Å². The summed E-state index contributed by atoms with van der Waals surface area (Å²) in [6.45, 7) is 3.06. The van der Waals surface area contributed by atoms with E-state index in [1.54, 1.807) is 24.1 Å². The molecule has 7 heteroatoms. The van der Waals surface area contributed by atoms with Crippen LogP contribution in [-0.2, 0) is 13.6 Å². The molecule has 0 saturated heterocycles. The number of aromatic nitrogens is 5. The van der Waals surface area contributed by atoms with Gasteiger partial charge in [-0.05, 0) is 6.92 Å². The highest BCUT2D eigenvalue weighted by Crippen LogP contribution is 1.99.